The van der Waals surface area contributed by atoms with E-state index in [1.165, 1.54) is 35.5 Å². The van der Waals surface area contributed by atoms with Gasteiger partial charge in [0.1, 0.15) is 0 Å². The summed E-state index contributed by atoms with van der Waals surface area (Å²) in [6.07, 6.45) is 1.36. The second-order valence-corrected chi connectivity index (χ2v) is 7.56. The summed E-state index contributed by atoms with van der Waals surface area (Å²) in [6.45, 7) is 0. The summed E-state index contributed by atoms with van der Waals surface area (Å²) in [7, 11) is -2.53. The first-order valence-electron chi connectivity index (χ1n) is 6.51. The molecule has 0 N–H and O–H groups in total. The maximum atomic E-state index is 12.9. The van der Waals surface area contributed by atoms with Crippen LogP contribution in [0.5, 0.6) is 0 Å². The van der Waals surface area contributed by atoms with Gasteiger partial charge in [-0.1, -0.05) is 18.2 Å². The van der Waals surface area contributed by atoms with E-state index < -0.39 is 16.0 Å². The quantitative estimate of drug-likeness (QED) is 0.461. The predicted molar refractivity (Wildman–Crippen MR) is 92.8 cm³/mol. The van der Waals surface area contributed by atoms with E-state index in [4.69, 9.17) is 0 Å². The molecule has 0 unspecified atom stereocenters. The maximum Gasteiger partial charge on any atom is 0.339 e. The van der Waals surface area contributed by atoms with Crippen molar-refractivity contribution in [3.63, 3.8) is 0 Å². The zero-order chi connectivity index (χ0) is 16.6. The van der Waals surface area contributed by atoms with E-state index in [-0.39, 0.29) is 10.5 Å². The number of methoxy groups -OCH3 is 1. The molecule has 0 amide bonds. The number of benzene rings is 1. The molecule has 0 bridgehead atoms. The van der Waals surface area contributed by atoms with Crippen molar-refractivity contribution in [2.75, 3.05) is 7.11 Å². The molecule has 0 radical (unpaired) electrons. The standard InChI is InChI=1S/C15H11IN2O4S/c1-22-15(19)10-7-13-12(17-9-10)8-14(16)18(13)23(20,21)11-5-3-2-4-6-11/h2-9H,1H3. The number of esters is 1. The van der Waals surface area contributed by atoms with E-state index in [1.54, 1.807) is 24.3 Å². The minimum Gasteiger partial charge on any atom is -0.465 e. The number of nitrogens with zero attached hydrogens (tertiary/aromatic N) is 2. The van der Waals surface area contributed by atoms with E-state index in [0.29, 0.717) is 14.7 Å². The third kappa shape index (κ3) is 2.72. The van der Waals surface area contributed by atoms with E-state index in [1.807, 2.05) is 22.6 Å². The van der Waals surface area contributed by atoms with Crippen molar-refractivity contribution in [2.45, 2.75) is 4.90 Å². The molecule has 118 valence electrons. The topological polar surface area (TPSA) is 78.3 Å². The lowest BCUT2D eigenvalue weighted by Crippen LogP contribution is -2.14. The molecule has 6 nitrogen and oxygen atoms in total. The van der Waals surface area contributed by atoms with Gasteiger partial charge in [0.15, 0.2) is 0 Å². The van der Waals surface area contributed by atoms with Gasteiger partial charge in [0.25, 0.3) is 10.0 Å². The van der Waals surface area contributed by atoms with Crippen molar-refractivity contribution in [3.05, 3.63) is 57.9 Å². The van der Waals surface area contributed by atoms with Crippen LogP contribution in [0, 0.1) is 3.70 Å². The summed E-state index contributed by atoms with van der Waals surface area (Å²) in [6, 6.07) is 11.2. The van der Waals surface area contributed by atoms with Gasteiger partial charge in [0.2, 0.25) is 0 Å². The first-order valence-corrected chi connectivity index (χ1v) is 9.03. The fourth-order valence-electron chi connectivity index (χ4n) is 2.20. The Kier molecular flexibility index (Phi) is 4.11. The van der Waals surface area contributed by atoms with Crippen molar-refractivity contribution in [3.8, 4) is 0 Å². The van der Waals surface area contributed by atoms with Crippen LogP contribution in [0.3, 0.4) is 0 Å². The lowest BCUT2D eigenvalue weighted by Gasteiger charge is -2.09. The van der Waals surface area contributed by atoms with Crippen LogP contribution in [0.25, 0.3) is 11.0 Å². The van der Waals surface area contributed by atoms with E-state index in [0.717, 1.165) is 0 Å². The highest BCUT2D eigenvalue weighted by Crippen LogP contribution is 2.26. The number of carbonyl (C=O) groups is 1. The summed E-state index contributed by atoms with van der Waals surface area (Å²) >= 11 is 1.93. The van der Waals surface area contributed by atoms with Crippen molar-refractivity contribution >= 4 is 49.6 Å². The summed E-state index contributed by atoms with van der Waals surface area (Å²) < 4.78 is 32.1. The average molecular weight is 442 g/mol. The molecule has 3 aromatic rings. The lowest BCUT2D eigenvalue weighted by atomic mass is 10.2. The molecule has 8 heteroatoms. The third-order valence-electron chi connectivity index (χ3n) is 3.27. The van der Waals surface area contributed by atoms with E-state index in [9.17, 15) is 13.2 Å². The van der Waals surface area contributed by atoms with Gasteiger partial charge in [0.05, 0.1) is 32.3 Å². The van der Waals surface area contributed by atoms with Gasteiger partial charge in [0, 0.05) is 6.20 Å². The van der Waals surface area contributed by atoms with Gasteiger partial charge >= 0.3 is 5.97 Å². The van der Waals surface area contributed by atoms with E-state index in [2.05, 4.69) is 9.72 Å². The van der Waals surface area contributed by atoms with Crippen LogP contribution in [-0.4, -0.2) is 30.5 Å². The van der Waals surface area contributed by atoms with Gasteiger partial charge in [-0.2, -0.15) is 0 Å². The molecule has 2 aromatic heterocycles. The Morgan fingerprint density at radius 1 is 1.22 bits per heavy atom. The molecule has 0 atom stereocenters. The second-order valence-electron chi connectivity index (χ2n) is 4.67. The van der Waals surface area contributed by atoms with Crippen LogP contribution < -0.4 is 0 Å². The first-order chi connectivity index (χ1) is 10.9. The van der Waals surface area contributed by atoms with E-state index >= 15 is 0 Å². The molecule has 0 saturated carbocycles. The Hall–Kier alpha value is -1.94. The summed E-state index contributed by atoms with van der Waals surface area (Å²) in [4.78, 5) is 16.0. The molecule has 3 rings (SSSR count). The maximum absolute atomic E-state index is 12.9. The van der Waals surface area contributed by atoms with Gasteiger partial charge in [-0.25, -0.2) is 17.2 Å². The minimum absolute atomic E-state index is 0.166. The summed E-state index contributed by atoms with van der Waals surface area (Å²) in [5.74, 6) is -0.570. The van der Waals surface area contributed by atoms with Gasteiger partial charge in [-0.3, -0.25) is 4.98 Å². The third-order valence-corrected chi connectivity index (χ3v) is 6.13. The van der Waals surface area contributed by atoms with Crippen LogP contribution in [0.2, 0.25) is 0 Å². The Morgan fingerprint density at radius 3 is 2.57 bits per heavy atom. The van der Waals surface area contributed by atoms with Crippen LogP contribution in [-0.2, 0) is 14.8 Å². The number of fused-ring (bicyclic) bond motifs is 1. The van der Waals surface area contributed by atoms with Crippen molar-refractivity contribution in [1.82, 2.24) is 8.96 Å². The molecule has 1 aromatic carbocycles. The molecule has 0 aliphatic rings. The molecular formula is C15H11IN2O4S. The number of aromatic nitrogens is 2. The first kappa shape index (κ1) is 15.9. The van der Waals surface area contributed by atoms with Gasteiger partial charge in [-0.05, 0) is 46.9 Å². The predicted octanol–water partition coefficient (Wildman–Crippen LogP) is 2.66. The fourth-order valence-corrected chi connectivity index (χ4v) is 4.93. The van der Waals surface area contributed by atoms with Crippen LogP contribution >= 0.6 is 22.6 Å². The average Bonchev–Trinajstić information content (AvgIpc) is 2.90. The molecule has 0 aliphatic carbocycles. The number of rotatable bonds is 3. The second kappa shape index (κ2) is 5.93. The Morgan fingerprint density at radius 2 is 1.91 bits per heavy atom. The van der Waals surface area contributed by atoms with Crippen molar-refractivity contribution in [1.29, 1.82) is 0 Å². The fraction of sp³-hybridized carbons (Fsp3) is 0.0667. The zero-order valence-electron chi connectivity index (χ0n) is 11.9. The van der Waals surface area contributed by atoms with Gasteiger partial charge in [-0.15, -0.1) is 0 Å². The molecule has 0 saturated heterocycles. The van der Waals surface area contributed by atoms with Crippen LogP contribution in [0.1, 0.15) is 10.4 Å². The number of pyridine rings is 1. The number of hydrogen-bond acceptors (Lipinski definition) is 5. The highest BCUT2D eigenvalue weighted by Gasteiger charge is 2.23. The van der Waals surface area contributed by atoms with Crippen molar-refractivity contribution < 1.29 is 17.9 Å². The molecular weight excluding hydrogens is 431 g/mol. The zero-order valence-corrected chi connectivity index (χ0v) is 14.9. The van der Waals surface area contributed by atoms with Crippen LogP contribution in [0.4, 0.5) is 0 Å². The van der Waals surface area contributed by atoms with Crippen LogP contribution in [0.15, 0.2) is 53.6 Å². The normalized spacial score (nSPS) is 11.6. The lowest BCUT2D eigenvalue weighted by molar-refractivity contribution is 0.0600. The Balaban J connectivity index is 2.29. The minimum atomic E-state index is -3.79. The highest BCUT2D eigenvalue weighted by molar-refractivity contribution is 14.1. The smallest absolute Gasteiger partial charge is 0.339 e. The summed E-state index contributed by atoms with van der Waals surface area (Å²) in [5, 5.41) is 0. The molecule has 0 aliphatic heterocycles. The monoisotopic (exact) mass is 442 g/mol. The van der Waals surface area contributed by atoms with Crippen molar-refractivity contribution in [2.24, 2.45) is 0 Å². The Bertz CT molecular complexity index is 997. The molecule has 23 heavy (non-hydrogen) atoms. The highest BCUT2D eigenvalue weighted by atomic mass is 127. The molecule has 0 spiro atoms. The number of hydrogen-bond donors (Lipinski definition) is 0. The molecule has 2 heterocycles. The largest absolute Gasteiger partial charge is 0.465 e. The number of halogens is 1. The molecule has 0 fully saturated rings. The van der Waals surface area contributed by atoms with Gasteiger partial charge < -0.3 is 4.74 Å². The SMILES string of the molecule is COC(=O)c1cnc2cc(I)n(S(=O)(=O)c3ccccc3)c2c1. The number of ether oxygens (including phenoxy) is 1. The Labute approximate surface area is 146 Å². The summed E-state index contributed by atoms with van der Waals surface area (Å²) in [5.41, 5.74) is 1.02. The number of carbonyl (C=O) groups excluding carboxylic acids is 1.